The van der Waals surface area contributed by atoms with Gasteiger partial charge in [-0.15, -0.1) is 0 Å². The van der Waals surface area contributed by atoms with Gasteiger partial charge in [0, 0.05) is 6.42 Å². The Bertz CT molecular complexity index is 1030. The predicted molar refractivity (Wildman–Crippen MR) is 110 cm³/mol. The molecule has 1 aliphatic heterocycles. The van der Waals surface area contributed by atoms with E-state index in [1.54, 1.807) is 24.3 Å². The molecule has 0 aliphatic carbocycles. The van der Waals surface area contributed by atoms with Gasteiger partial charge < -0.3 is 0 Å². The fraction of sp³-hybridized carbons (Fsp3) is 0.125. The highest BCUT2D eigenvalue weighted by Gasteiger charge is 2.42. The smallest absolute Gasteiger partial charge is 0.267 e. The van der Waals surface area contributed by atoms with Gasteiger partial charge in [0.1, 0.15) is 6.04 Å². The maximum Gasteiger partial charge on any atom is 0.267 e. The molecule has 6 nitrogen and oxygen atoms in total. The fourth-order valence-electron chi connectivity index (χ4n) is 3.46. The van der Waals surface area contributed by atoms with Crippen molar-refractivity contribution in [2.75, 3.05) is 0 Å². The van der Waals surface area contributed by atoms with E-state index in [0.717, 1.165) is 16.0 Å². The standard InChI is InChI=1S/C24H20N2O4/c27-22(25-30-16-18-11-5-2-6-12-18)21(15-17-9-3-1-4-10-17)26-23(28)19-13-7-8-14-20(19)24(26)29/h1-14,21H,15-16H2,(H,25,27)/t21-/m0/s1. The van der Waals surface area contributed by atoms with Crippen LogP contribution in [0.5, 0.6) is 0 Å². The number of nitrogens with zero attached hydrogens (tertiary/aromatic N) is 1. The molecule has 3 amide bonds. The van der Waals surface area contributed by atoms with Gasteiger partial charge in [-0.1, -0.05) is 72.8 Å². The minimum absolute atomic E-state index is 0.173. The van der Waals surface area contributed by atoms with Gasteiger partial charge in [0.25, 0.3) is 17.7 Å². The van der Waals surface area contributed by atoms with E-state index in [2.05, 4.69) is 5.48 Å². The summed E-state index contributed by atoms with van der Waals surface area (Å²) in [6.07, 6.45) is 0.187. The second-order valence-electron chi connectivity index (χ2n) is 6.97. The summed E-state index contributed by atoms with van der Waals surface area (Å²) in [7, 11) is 0. The SMILES string of the molecule is O=C(NOCc1ccccc1)[C@H](Cc1ccccc1)N1C(=O)c2ccccc2C1=O. The largest absolute Gasteiger partial charge is 0.270 e. The van der Waals surface area contributed by atoms with E-state index in [9.17, 15) is 14.4 Å². The quantitative estimate of drug-likeness (QED) is 0.488. The number of fused-ring (bicyclic) bond motifs is 1. The Morgan fingerprint density at radius 2 is 1.27 bits per heavy atom. The van der Waals surface area contributed by atoms with Crippen molar-refractivity contribution in [2.45, 2.75) is 19.1 Å². The molecule has 1 heterocycles. The van der Waals surface area contributed by atoms with Crippen LogP contribution in [0.3, 0.4) is 0 Å². The number of imide groups is 1. The number of amides is 3. The van der Waals surface area contributed by atoms with Crippen molar-refractivity contribution in [1.29, 1.82) is 0 Å². The second kappa shape index (κ2) is 8.71. The van der Waals surface area contributed by atoms with Crippen molar-refractivity contribution in [3.8, 4) is 0 Å². The van der Waals surface area contributed by atoms with Gasteiger partial charge in [-0.2, -0.15) is 0 Å². The summed E-state index contributed by atoms with van der Waals surface area (Å²) in [5.74, 6) is -1.51. The third-order valence-corrected chi connectivity index (χ3v) is 4.97. The van der Waals surface area contributed by atoms with Crippen molar-refractivity contribution < 1.29 is 19.2 Å². The van der Waals surface area contributed by atoms with E-state index < -0.39 is 23.8 Å². The molecule has 4 rings (SSSR count). The van der Waals surface area contributed by atoms with Crippen LogP contribution < -0.4 is 5.48 Å². The van der Waals surface area contributed by atoms with Gasteiger partial charge in [-0.25, -0.2) is 5.48 Å². The monoisotopic (exact) mass is 400 g/mol. The van der Waals surface area contributed by atoms with Crippen LogP contribution in [-0.4, -0.2) is 28.7 Å². The minimum atomic E-state index is -1.03. The Labute approximate surface area is 174 Å². The van der Waals surface area contributed by atoms with E-state index in [0.29, 0.717) is 11.1 Å². The van der Waals surface area contributed by atoms with Crippen LogP contribution in [0.15, 0.2) is 84.9 Å². The first-order chi connectivity index (χ1) is 14.6. The normalized spacial score (nSPS) is 13.8. The minimum Gasteiger partial charge on any atom is -0.270 e. The molecular weight excluding hydrogens is 380 g/mol. The lowest BCUT2D eigenvalue weighted by atomic mass is 10.0. The molecule has 3 aromatic rings. The summed E-state index contributed by atoms with van der Waals surface area (Å²) in [4.78, 5) is 45.2. The van der Waals surface area contributed by atoms with Crippen LogP contribution in [0.25, 0.3) is 0 Å². The summed E-state index contributed by atoms with van der Waals surface area (Å²) in [6, 6.07) is 24.2. The Balaban J connectivity index is 1.55. The lowest BCUT2D eigenvalue weighted by molar-refractivity contribution is -0.138. The van der Waals surface area contributed by atoms with E-state index in [1.165, 1.54) is 0 Å². The molecule has 1 N–H and O–H groups in total. The molecule has 1 atom stereocenters. The van der Waals surface area contributed by atoms with E-state index in [-0.39, 0.29) is 13.0 Å². The first kappa shape index (κ1) is 19.5. The second-order valence-corrected chi connectivity index (χ2v) is 6.97. The number of hydrogen-bond donors (Lipinski definition) is 1. The average Bonchev–Trinajstić information content (AvgIpc) is 3.04. The van der Waals surface area contributed by atoms with E-state index in [1.807, 2.05) is 60.7 Å². The lowest BCUT2D eigenvalue weighted by Crippen LogP contribution is -2.50. The highest BCUT2D eigenvalue weighted by molar-refractivity contribution is 6.22. The van der Waals surface area contributed by atoms with Crippen LogP contribution in [-0.2, 0) is 22.7 Å². The molecule has 6 heteroatoms. The van der Waals surface area contributed by atoms with Crippen molar-refractivity contribution in [2.24, 2.45) is 0 Å². The van der Waals surface area contributed by atoms with Crippen LogP contribution in [0.4, 0.5) is 0 Å². The Morgan fingerprint density at radius 1 is 0.767 bits per heavy atom. The number of carbonyl (C=O) groups is 3. The van der Waals surface area contributed by atoms with Crippen molar-refractivity contribution in [1.82, 2.24) is 10.4 Å². The fourth-order valence-corrected chi connectivity index (χ4v) is 3.46. The van der Waals surface area contributed by atoms with Gasteiger partial charge in [0.2, 0.25) is 0 Å². The number of rotatable bonds is 7. The van der Waals surface area contributed by atoms with E-state index in [4.69, 9.17) is 4.84 Å². The van der Waals surface area contributed by atoms with Gasteiger partial charge in [-0.05, 0) is 23.3 Å². The topological polar surface area (TPSA) is 75.7 Å². The van der Waals surface area contributed by atoms with Crippen LogP contribution >= 0.6 is 0 Å². The molecule has 0 aromatic heterocycles. The molecule has 0 spiro atoms. The Hall–Kier alpha value is -3.77. The Morgan fingerprint density at radius 3 is 1.83 bits per heavy atom. The zero-order chi connectivity index (χ0) is 20.9. The van der Waals surface area contributed by atoms with Crippen LogP contribution in [0.2, 0.25) is 0 Å². The molecule has 0 saturated carbocycles. The zero-order valence-corrected chi connectivity index (χ0v) is 16.2. The molecule has 30 heavy (non-hydrogen) atoms. The molecule has 0 unspecified atom stereocenters. The van der Waals surface area contributed by atoms with Crippen LogP contribution in [0.1, 0.15) is 31.8 Å². The lowest BCUT2D eigenvalue weighted by Gasteiger charge is -2.25. The molecule has 1 aliphatic rings. The highest BCUT2D eigenvalue weighted by Crippen LogP contribution is 2.26. The molecule has 0 saturated heterocycles. The number of hydrogen-bond acceptors (Lipinski definition) is 4. The van der Waals surface area contributed by atoms with Crippen molar-refractivity contribution in [3.63, 3.8) is 0 Å². The number of hydroxylamine groups is 1. The first-order valence-electron chi connectivity index (χ1n) is 9.61. The zero-order valence-electron chi connectivity index (χ0n) is 16.2. The third kappa shape index (κ3) is 3.99. The molecule has 0 fully saturated rings. The summed E-state index contributed by atoms with van der Waals surface area (Å²) >= 11 is 0. The van der Waals surface area contributed by atoms with Gasteiger partial charge in [0.05, 0.1) is 17.7 Å². The molecule has 150 valence electrons. The molecule has 0 radical (unpaired) electrons. The first-order valence-corrected chi connectivity index (χ1v) is 9.61. The van der Waals surface area contributed by atoms with E-state index >= 15 is 0 Å². The summed E-state index contributed by atoms with van der Waals surface area (Å²) in [5, 5.41) is 0. The van der Waals surface area contributed by atoms with Gasteiger partial charge >= 0.3 is 0 Å². The third-order valence-electron chi connectivity index (χ3n) is 4.97. The average molecular weight is 400 g/mol. The van der Waals surface area contributed by atoms with Crippen LogP contribution in [0, 0.1) is 0 Å². The number of carbonyl (C=O) groups excluding carboxylic acids is 3. The Kier molecular flexibility index (Phi) is 5.68. The van der Waals surface area contributed by atoms with Gasteiger partial charge in [-0.3, -0.25) is 24.1 Å². The maximum atomic E-state index is 13.0. The van der Waals surface area contributed by atoms with Crippen molar-refractivity contribution >= 4 is 17.7 Å². The molecular formula is C24H20N2O4. The number of nitrogens with one attached hydrogen (secondary N) is 1. The summed E-state index contributed by atoms with van der Waals surface area (Å²) in [5.41, 5.74) is 4.74. The maximum absolute atomic E-state index is 13.0. The summed E-state index contributed by atoms with van der Waals surface area (Å²) in [6.45, 7) is 0.173. The van der Waals surface area contributed by atoms with Crippen molar-refractivity contribution in [3.05, 3.63) is 107 Å². The molecule has 3 aromatic carbocycles. The van der Waals surface area contributed by atoms with Gasteiger partial charge in [0.15, 0.2) is 0 Å². The highest BCUT2D eigenvalue weighted by atomic mass is 16.6. The predicted octanol–water partition coefficient (Wildman–Crippen LogP) is 3.14. The molecule has 0 bridgehead atoms. The number of benzene rings is 3. The summed E-state index contributed by atoms with van der Waals surface area (Å²) < 4.78 is 0.